The summed E-state index contributed by atoms with van der Waals surface area (Å²) >= 11 is 12.3. The molecule has 1 atom stereocenters. The van der Waals surface area contributed by atoms with E-state index in [2.05, 4.69) is 6.92 Å². The summed E-state index contributed by atoms with van der Waals surface area (Å²) in [7, 11) is 0. The smallest absolute Gasteiger partial charge is 0.290 e. The van der Waals surface area contributed by atoms with Crippen LogP contribution in [0.4, 0.5) is 0 Å². The van der Waals surface area contributed by atoms with Gasteiger partial charge in [-0.3, -0.25) is 9.59 Å². The van der Waals surface area contributed by atoms with E-state index in [1.54, 1.807) is 47.4 Å². The third kappa shape index (κ3) is 2.93. The fourth-order valence-corrected chi connectivity index (χ4v) is 3.86. The Kier molecular flexibility index (Phi) is 4.70. The highest BCUT2D eigenvalue weighted by molar-refractivity contribution is 6.42. The number of amides is 1. The fourth-order valence-electron chi connectivity index (χ4n) is 3.56. The Balaban J connectivity index is 1.97. The van der Waals surface area contributed by atoms with Crippen molar-refractivity contribution in [2.45, 2.75) is 25.8 Å². The van der Waals surface area contributed by atoms with Crippen LogP contribution < -0.4 is 5.43 Å². The van der Waals surface area contributed by atoms with Crippen LogP contribution in [-0.2, 0) is 0 Å². The summed E-state index contributed by atoms with van der Waals surface area (Å²) in [6.45, 7) is 2.58. The highest BCUT2D eigenvalue weighted by Crippen LogP contribution is 2.39. The Morgan fingerprint density at radius 2 is 1.85 bits per heavy atom. The Bertz CT molecular complexity index is 1110. The first-order valence-corrected chi connectivity index (χ1v) is 9.60. The van der Waals surface area contributed by atoms with E-state index in [9.17, 15) is 9.59 Å². The topological polar surface area (TPSA) is 50.5 Å². The molecule has 0 spiro atoms. The molecule has 1 aliphatic heterocycles. The molecule has 4 rings (SSSR count). The average molecular weight is 402 g/mol. The lowest BCUT2D eigenvalue weighted by Crippen LogP contribution is -2.30. The third-order valence-corrected chi connectivity index (χ3v) is 5.62. The lowest BCUT2D eigenvalue weighted by atomic mass is 9.98. The van der Waals surface area contributed by atoms with E-state index in [0.29, 0.717) is 33.1 Å². The van der Waals surface area contributed by atoms with Crippen LogP contribution >= 0.6 is 23.2 Å². The van der Waals surface area contributed by atoms with Gasteiger partial charge in [-0.1, -0.05) is 54.7 Å². The maximum atomic E-state index is 13.2. The van der Waals surface area contributed by atoms with Crippen molar-refractivity contribution in [3.63, 3.8) is 0 Å². The van der Waals surface area contributed by atoms with Crippen molar-refractivity contribution in [3.05, 3.63) is 79.6 Å². The number of hydrogen-bond acceptors (Lipinski definition) is 3. The molecule has 4 nitrogen and oxygen atoms in total. The molecule has 27 heavy (non-hydrogen) atoms. The van der Waals surface area contributed by atoms with Crippen molar-refractivity contribution in [1.82, 2.24) is 4.90 Å². The lowest BCUT2D eigenvalue weighted by Gasteiger charge is -2.25. The van der Waals surface area contributed by atoms with Crippen LogP contribution in [0.1, 0.15) is 47.5 Å². The largest absolute Gasteiger partial charge is 0.450 e. The Labute approximate surface area is 166 Å². The van der Waals surface area contributed by atoms with Gasteiger partial charge in [0.25, 0.3) is 5.91 Å². The van der Waals surface area contributed by atoms with Crippen molar-refractivity contribution in [3.8, 4) is 0 Å². The molecule has 0 aliphatic carbocycles. The standard InChI is InChI=1S/C21H17Cl2NO3/c1-2-3-10-24-18(12-8-9-14(22)15(23)11-12)17-19(25)13-6-4-5-7-16(13)27-20(17)21(24)26/h4-9,11,18H,2-3,10H2,1H3/t18-/m1/s1. The maximum absolute atomic E-state index is 13.2. The zero-order chi connectivity index (χ0) is 19.1. The van der Waals surface area contributed by atoms with Crippen molar-refractivity contribution >= 4 is 40.1 Å². The van der Waals surface area contributed by atoms with E-state index < -0.39 is 6.04 Å². The first-order chi connectivity index (χ1) is 13.0. The van der Waals surface area contributed by atoms with Crippen molar-refractivity contribution < 1.29 is 9.21 Å². The molecule has 0 unspecified atom stereocenters. The highest BCUT2D eigenvalue weighted by atomic mass is 35.5. The number of halogens is 2. The normalized spacial score (nSPS) is 16.2. The van der Waals surface area contributed by atoms with E-state index in [-0.39, 0.29) is 17.1 Å². The van der Waals surface area contributed by atoms with Crippen LogP contribution in [0.15, 0.2) is 51.7 Å². The molecule has 0 fully saturated rings. The minimum absolute atomic E-state index is 0.117. The number of fused-ring (bicyclic) bond motifs is 2. The van der Waals surface area contributed by atoms with Crippen LogP contribution in [0, 0.1) is 0 Å². The van der Waals surface area contributed by atoms with E-state index in [1.165, 1.54) is 0 Å². The van der Waals surface area contributed by atoms with Crippen LogP contribution in [0.2, 0.25) is 10.0 Å². The first-order valence-electron chi connectivity index (χ1n) is 8.84. The van der Waals surface area contributed by atoms with E-state index >= 15 is 0 Å². The molecule has 0 N–H and O–H groups in total. The van der Waals surface area contributed by atoms with Crippen molar-refractivity contribution in [1.29, 1.82) is 0 Å². The molecule has 1 aliphatic rings. The Morgan fingerprint density at radius 3 is 2.59 bits per heavy atom. The molecule has 138 valence electrons. The van der Waals surface area contributed by atoms with Gasteiger partial charge in [-0.05, 0) is 36.2 Å². The number of hydrogen-bond donors (Lipinski definition) is 0. The van der Waals surface area contributed by atoms with Crippen molar-refractivity contribution in [2.75, 3.05) is 6.54 Å². The summed E-state index contributed by atoms with van der Waals surface area (Å²) in [6, 6.07) is 11.6. The predicted octanol–water partition coefficient (Wildman–Crippen LogP) is 5.45. The second-order valence-corrected chi connectivity index (χ2v) is 7.41. The number of benzene rings is 2. The molecule has 0 bridgehead atoms. The van der Waals surface area contributed by atoms with Crippen LogP contribution in [-0.4, -0.2) is 17.4 Å². The molecule has 2 heterocycles. The third-order valence-electron chi connectivity index (χ3n) is 4.89. The van der Waals surface area contributed by atoms with Crippen molar-refractivity contribution in [2.24, 2.45) is 0 Å². The highest BCUT2D eigenvalue weighted by Gasteiger charge is 2.42. The zero-order valence-electron chi connectivity index (χ0n) is 14.7. The molecule has 1 amide bonds. The van der Waals surface area contributed by atoms with Gasteiger partial charge in [0.05, 0.1) is 27.0 Å². The second-order valence-electron chi connectivity index (χ2n) is 6.60. The van der Waals surface area contributed by atoms with Gasteiger partial charge < -0.3 is 9.32 Å². The van der Waals surface area contributed by atoms with Crippen LogP contribution in [0.3, 0.4) is 0 Å². The summed E-state index contributed by atoms with van der Waals surface area (Å²) < 4.78 is 5.86. The van der Waals surface area contributed by atoms with Gasteiger partial charge in [0.1, 0.15) is 5.58 Å². The number of unbranched alkanes of at least 4 members (excludes halogenated alkanes) is 1. The number of carbonyl (C=O) groups excluding carboxylic acids is 1. The van der Waals surface area contributed by atoms with Gasteiger partial charge in [0.15, 0.2) is 5.43 Å². The number of rotatable bonds is 4. The first kappa shape index (κ1) is 18.1. The minimum atomic E-state index is -0.533. The van der Waals surface area contributed by atoms with Gasteiger partial charge in [0, 0.05) is 6.54 Å². The lowest BCUT2D eigenvalue weighted by molar-refractivity contribution is 0.0725. The minimum Gasteiger partial charge on any atom is -0.450 e. The average Bonchev–Trinajstić information content (AvgIpc) is 2.95. The SMILES string of the molecule is CCCCN1C(=O)c2oc3ccccc3c(=O)c2[C@H]1c1ccc(Cl)c(Cl)c1. The molecular weight excluding hydrogens is 385 g/mol. The molecule has 0 saturated carbocycles. The van der Waals surface area contributed by atoms with Gasteiger partial charge in [0.2, 0.25) is 5.76 Å². The summed E-state index contributed by atoms with van der Waals surface area (Å²) in [5.74, 6) is -0.150. The monoisotopic (exact) mass is 401 g/mol. The summed E-state index contributed by atoms with van der Waals surface area (Å²) in [5, 5.41) is 1.28. The summed E-state index contributed by atoms with van der Waals surface area (Å²) in [4.78, 5) is 28.0. The molecule has 1 aromatic heterocycles. The van der Waals surface area contributed by atoms with Crippen LogP contribution in [0.5, 0.6) is 0 Å². The molecule has 3 aromatic rings. The van der Waals surface area contributed by atoms with Gasteiger partial charge in [-0.2, -0.15) is 0 Å². The van der Waals surface area contributed by atoms with E-state index in [4.69, 9.17) is 27.6 Å². The molecule has 0 radical (unpaired) electrons. The Morgan fingerprint density at radius 1 is 1.07 bits per heavy atom. The zero-order valence-corrected chi connectivity index (χ0v) is 16.2. The van der Waals surface area contributed by atoms with Gasteiger partial charge in [-0.25, -0.2) is 0 Å². The summed E-state index contributed by atoms with van der Waals surface area (Å²) in [6.07, 6.45) is 1.75. The fraction of sp³-hybridized carbons (Fsp3) is 0.238. The number of para-hydroxylation sites is 1. The maximum Gasteiger partial charge on any atom is 0.290 e. The quantitative estimate of drug-likeness (QED) is 0.584. The molecule has 2 aromatic carbocycles. The van der Waals surface area contributed by atoms with Gasteiger partial charge >= 0.3 is 0 Å². The number of nitrogens with zero attached hydrogens (tertiary/aromatic N) is 1. The predicted molar refractivity (Wildman–Crippen MR) is 107 cm³/mol. The number of carbonyl (C=O) groups is 1. The van der Waals surface area contributed by atoms with Gasteiger partial charge in [-0.15, -0.1) is 0 Å². The Hall–Kier alpha value is -2.30. The van der Waals surface area contributed by atoms with E-state index in [1.807, 2.05) is 0 Å². The van der Waals surface area contributed by atoms with E-state index in [0.717, 1.165) is 18.4 Å². The molecule has 6 heteroatoms. The molecular formula is C21H17Cl2NO3. The molecule has 0 saturated heterocycles. The second kappa shape index (κ2) is 7.02. The van der Waals surface area contributed by atoms with Crippen LogP contribution in [0.25, 0.3) is 11.0 Å². The summed E-state index contributed by atoms with van der Waals surface area (Å²) in [5.41, 5.74) is 1.35.